The molecule has 9 heteroatoms. The van der Waals surface area contributed by atoms with E-state index in [9.17, 15) is 19.2 Å². The summed E-state index contributed by atoms with van der Waals surface area (Å²) < 4.78 is 0. The number of carbonyl (C=O) groups excluding carboxylic acids is 4. The summed E-state index contributed by atoms with van der Waals surface area (Å²) in [5.74, 6) is -0.187. The highest BCUT2D eigenvalue weighted by molar-refractivity contribution is 5.97. The van der Waals surface area contributed by atoms with E-state index >= 15 is 0 Å². The van der Waals surface area contributed by atoms with Gasteiger partial charge >= 0.3 is 0 Å². The molecule has 0 aromatic rings. The molecule has 2 aliphatic rings. The zero-order chi connectivity index (χ0) is 31.9. The van der Waals surface area contributed by atoms with Crippen molar-refractivity contribution in [3.05, 3.63) is 11.6 Å². The predicted octanol–water partition coefficient (Wildman–Crippen LogP) is 3.97. The third-order valence-corrected chi connectivity index (χ3v) is 8.65. The fourth-order valence-corrected chi connectivity index (χ4v) is 6.10. The first-order chi connectivity index (χ1) is 19.5. The lowest BCUT2D eigenvalue weighted by atomic mass is 9.84. The van der Waals surface area contributed by atoms with E-state index in [0.717, 1.165) is 32.2 Å². The Hall–Kier alpha value is -2.42. The Bertz CT molecular complexity index is 983. The summed E-state index contributed by atoms with van der Waals surface area (Å²) in [6.45, 7) is 22.0. The molecule has 0 saturated carbocycles. The van der Waals surface area contributed by atoms with Crippen LogP contribution in [0.1, 0.15) is 101 Å². The van der Waals surface area contributed by atoms with E-state index in [4.69, 9.17) is 0 Å². The van der Waals surface area contributed by atoms with Crippen molar-refractivity contribution >= 4 is 23.6 Å². The minimum atomic E-state index is -0.718. The van der Waals surface area contributed by atoms with Crippen LogP contribution in [-0.4, -0.2) is 95.2 Å². The van der Waals surface area contributed by atoms with Crippen molar-refractivity contribution in [2.45, 2.75) is 132 Å². The number of hydrogen-bond acceptors (Lipinski definition) is 5. The fourth-order valence-electron chi connectivity index (χ4n) is 6.10. The Morgan fingerprint density at radius 2 is 1.52 bits per heavy atom. The number of likely N-dealkylation sites (tertiary alicyclic amines) is 2. The van der Waals surface area contributed by atoms with Gasteiger partial charge in [0, 0.05) is 31.8 Å². The normalized spacial score (nSPS) is 22.0. The average molecular weight is 590 g/mol. The van der Waals surface area contributed by atoms with Crippen molar-refractivity contribution in [2.75, 3.05) is 26.7 Å². The molecule has 0 aliphatic carbocycles. The molecule has 9 nitrogen and oxygen atoms in total. The number of likely N-dealkylation sites (N-methyl/N-ethyl adjacent to an activating group) is 1. The number of hydrogen-bond donors (Lipinski definition) is 2. The molecule has 4 unspecified atom stereocenters. The highest BCUT2D eigenvalue weighted by Crippen LogP contribution is 2.27. The molecule has 2 aliphatic heterocycles. The zero-order valence-corrected chi connectivity index (χ0v) is 28.3. The van der Waals surface area contributed by atoms with E-state index in [1.165, 1.54) is 0 Å². The average Bonchev–Trinajstić information content (AvgIpc) is 3.41. The zero-order valence-electron chi connectivity index (χ0n) is 28.3. The van der Waals surface area contributed by atoms with Gasteiger partial charge in [-0.3, -0.25) is 24.1 Å². The van der Waals surface area contributed by atoms with Crippen molar-refractivity contribution in [3.63, 3.8) is 0 Å². The second kappa shape index (κ2) is 15.3. The number of rotatable bonds is 11. The van der Waals surface area contributed by atoms with E-state index in [0.29, 0.717) is 31.0 Å². The molecule has 2 heterocycles. The number of amides is 4. The summed E-state index contributed by atoms with van der Waals surface area (Å²) in [6.07, 6.45) is 6.16. The van der Waals surface area contributed by atoms with E-state index in [1.54, 1.807) is 23.8 Å². The topological polar surface area (TPSA) is 102 Å². The van der Waals surface area contributed by atoms with Crippen LogP contribution in [0.5, 0.6) is 0 Å². The van der Waals surface area contributed by atoms with Gasteiger partial charge in [0.2, 0.25) is 23.6 Å². The third-order valence-electron chi connectivity index (χ3n) is 8.65. The quantitative estimate of drug-likeness (QED) is 0.355. The van der Waals surface area contributed by atoms with Gasteiger partial charge in [-0.25, -0.2) is 0 Å². The largest absolute Gasteiger partial charge is 0.354 e. The molecule has 4 amide bonds. The Kier molecular flexibility index (Phi) is 13.1. The first-order valence-corrected chi connectivity index (χ1v) is 16.1. The third kappa shape index (κ3) is 9.29. The number of piperidine rings is 1. The first kappa shape index (κ1) is 35.8. The van der Waals surface area contributed by atoms with Crippen LogP contribution in [0, 0.1) is 17.3 Å². The molecular weight excluding hydrogens is 530 g/mol. The Labute approximate surface area is 255 Å². The van der Waals surface area contributed by atoms with Crippen molar-refractivity contribution < 1.29 is 19.2 Å². The van der Waals surface area contributed by atoms with Crippen LogP contribution in [-0.2, 0) is 19.2 Å². The number of nitrogens with zero attached hydrogens (tertiary/aromatic N) is 3. The smallest absolute Gasteiger partial charge is 0.249 e. The Morgan fingerprint density at radius 1 is 0.905 bits per heavy atom. The van der Waals surface area contributed by atoms with Crippen molar-refractivity contribution in [3.8, 4) is 0 Å². The van der Waals surface area contributed by atoms with Gasteiger partial charge < -0.3 is 20.4 Å². The van der Waals surface area contributed by atoms with Crippen molar-refractivity contribution in [1.82, 2.24) is 25.3 Å². The second-order valence-corrected chi connectivity index (χ2v) is 14.5. The van der Waals surface area contributed by atoms with Gasteiger partial charge in [-0.05, 0) is 70.3 Å². The van der Waals surface area contributed by atoms with Crippen molar-refractivity contribution in [1.29, 1.82) is 0 Å². The Balaban J connectivity index is 2.25. The van der Waals surface area contributed by atoms with E-state index in [2.05, 4.69) is 29.4 Å². The van der Waals surface area contributed by atoms with E-state index in [-0.39, 0.29) is 47.7 Å². The first-order valence-electron chi connectivity index (χ1n) is 16.1. The van der Waals surface area contributed by atoms with Crippen molar-refractivity contribution in [2.24, 2.45) is 17.3 Å². The van der Waals surface area contributed by atoms with Gasteiger partial charge in [0.25, 0.3) is 0 Å². The molecule has 0 aromatic heterocycles. The summed E-state index contributed by atoms with van der Waals surface area (Å²) in [6, 6.07) is -1.54. The van der Waals surface area contributed by atoms with Gasteiger partial charge in [-0.15, -0.1) is 0 Å². The molecule has 0 spiro atoms. The van der Waals surface area contributed by atoms with E-state index < -0.39 is 17.5 Å². The van der Waals surface area contributed by atoms with Gasteiger partial charge in [0.1, 0.15) is 12.1 Å². The summed E-state index contributed by atoms with van der Waals surface area (Å²) >= 11 is 0. The monoisotopic (exact) mass is 589 g/mol. The van der Waals surface area contributed by atoms with Crippen LogP contribution < -0.4 is 10.6 Å². The van der Waals surface area contributed by atoms with E-state index in [1.807, 2.05) is 54.5 Å². The minimum Gasteiger partial charge on any atom is -0.354 e. The summed E-state index contributed by atoms with van der Waals surface area (Å²) in [4.78, 5) is 59.6. The van der Waals surface area contributed by atoms with Crippen LogP contribution in [0.25, 0.3) is 0 Å². The fraction of sp³-hybridized carbons (Fsp3) is 0.818. The number of nitrogens with one attached hydrogen (secondary N) is 2. The molecule has 0 bridgehead atoms. The summed E-state index contributed by atoms with van der Waals surface area (Å²) in [5.41, 5.74) is 0.00336. The molecule has 42 heavy (non-hydrogen) atoms. The standard InChI is InChI=1S/C33H59N5O4/c1-21(2)20-34-29(39)25-16-14-18-38(25)31(41)24(7)19-27(22(3)4)36(11)32(42)28(33(8,9)10)35-30(40)26-15-12-13-17-37(26)23(5)6/h19,21-23,25-28H,12-18,20H2,1-11H3,(H,34,39)(H,35,40)/b24-19+. The molecule has 2 N–H and O–H groups in total. The molecule has 240 valence electrons. The maximum atomic E-state index is 14.1. The molecule has 2 rings (SSSR count). The molecule has 2 fully saturated rings. The predicted molar refractivity (Wildman–Crippen MR) is 169 cm³/mol. The lowest BCUT2D eigenvalue weighted by molar-refractivity contribution is -0.142. The lowest BCUT2D eigenvalue weighted by Crippen LogP contribution is -2.60. The SMILES string of the molecule is C/C(=C\C(C(C)C)N(C)C(=O)C(NC(=O)C1CCCCN1C(C)C)C(C)(C)C)C(=O)N1CCCC1C(=O)NCC(C)C. The molecule has 2 saturated heterocycles. The maximum Gasteiger partial charge on any atom is 0.249 e. The van der Waals surface area contributed by atoms with Gasteiger partial charge in [-0.1, -0.05) is 61.0 Å². The minimum absolute atomic E-state index is 0.0245. The second-order valence-electron chi connectivity index (χ2n) is 14.5. The highest BCUT2D eigenvalue weighted by atomic mass is 16.2. The molecular formula is C33H59N5O4. The highest BCUT2D eigenvalue weighted by Gasteiger charge is 2.40. The van der Waals surface area contributed by atoms with Crippen LogP contribution in [0.3, 0.4) is 0 Å². The van der Waals surface area contributed by atoms with Crippen LogP contribution in [0.2, 0.25) is 0 Å². The lowest BCUT2D eigenvalue weighted by Gasteiger charge is -2.41. The van der Waals surface area contributed by atoms with Gasteiger partial charge in [-0.2, -0.15) is 0 Å². The van der Waals surface area contributed by atoms with Crippen LogP contribution in [0.4, 0.5) is 0 Å². The molecule has 0 radical (unpaired) electrons. The van der Waals surface area contributed by atoms with Crippen LogP contribution in [0.15, 0.2) is 11.6 Å². The van der Waals surface area contributed by atoms with Crippen LogP contribution >= 0.6 is 0 Å². The summed E-state index contributed by atoms with van der Waals surface area (Å²) in [7, 11) is 1.76. The van der Waals surface area contributed by atoms with Gasteiger partial charge in [0.15, 0.2) is 0 Å². The van der Waals surface area contributed by atoms with Gasteiger partial charge in [0.05, 0.1) is 12.1 Å². The summed E-state index contributed by atoms with van der Waals surface area (Å²) in [5, 5.41) is 6.10. The molecule has 0 aromatic carbocycles. The maximum absolute atomic E-state index is 14.1. The molecule has 4 atom stereocenters. The Morgan fingerprint density at radius 3 is 2.07 bits per heavy atom. The number of carbonyl (C=O) groups is 4.